The van der Waals surface area contributed by atoms with E-state index >= 15 is 0 Å². The van der Waals surface area contributed by atoms with Crippen LogP contribution in [0.5, 0.6) is 0 Å². The predicted molar refractivity (Wildman–Crippen MR) is 58.7 cm³/mol. The molecule has 1 aromatic rings. The number of halogens is 1. The molecule has 0 saturated carbocycles. The molecule has 0 fully saturated rings. The van der Waals surface area contributed by atoms with E-state index in [0.29, 0.717) is 10.6 Å². The second kappa shape index (κ2) is 5.41. The van der Waals surface area contributed by atoms with E-state index in [1.54, 1.807) is 31.2 Å². The maximum Gasteiger partial charge on any atom is 0.334 e. The minimum Gasteiger partial charge on any atom is -0.507 e. The van der Waals surface area contributed by atoms with E-state index < -0.39 is 5.97 Å². The van der Waals surface area contributed by atoms with E-state index in [4.69, 9.17) is 11.6 Å². The van der Waals surface area contributed by atoms with E-state index in [0.717, 1.165) is 6.08 Å². The molecule has 0 amide bonds. The van der Waals surface area contributed by atoms with E-state index in [1.165, 1.54) is 0 Å². The van der Waals surface area contributed by atoms with Crippen LogP contribution >= 0.6 is 11.6 Å². The fourth-order valence-electron chi connectivity index (χ4n) is 1.000. The van der Waals surface area contributed by atoms with Crippen molar-refractivity contribution in [3.63, 3.8) is 0 Å². The smallest absolute Gasteiger partial charge is 0.334 e. The maximum absolute atomic E-state index is 11.0. The molecule has 0 spiro atoms. The van der Waals surface area contributed by atoms with Crippen LogP contribution in [0.4, 0.5) is 0 Å². The molecule has 0 aliphatic heterocycles. The highest BCUT2D eigenvalue weighted by Gasteiger charge is 2.03. The predicted octanol–water partition coefficient (Wildman–Crippen LogP) is 2.80. The lowest BCUT2D eigenvalue weighted by Gasteiger charge is -2.00. The fourth-order valence-corrected chi connectivity index (χ4v) is 1.13. The van der Waals surface area contributed by atoms with Crippen LogP contribution in [0, 0.1) is 0 Å². The number of hydrogen-bond acceptors (Lipinski definition) is 3. The molecule has 1 N–H and O–H groups in total. The summed E-state index contributed by atoms with van der Waals surface area (Å²) in [7, 11) is 0. The van der Waals surface area contributed by atoms with Crippen molar-refractivity contribution in [1.82, 2.24) is 0 Å². The molecule has 1 rings (SSSR count). The fraction of sp³-hybridized carbons (Fsp3) is 0.182. The Labute approximate surface area is 92.9 Å². The van der Waals surface area contributed by atoms with Crippen molar-refractivity contribution in [1.29, 1.82) is 0 Å². The van der Waals surface area contributed by atoms with Crippen molar-refractivity contribution < 1.29 is 14.6 Å². The SMILES string of the molecule is CCOC(=O)/C=C(\O)c1ccc(Cl)cc1. The van der Waals surface area contributed by atoms with Gasteiger partial charge in [-0.15, -0.1) is 0 Å². The van der Waals surface area contributed by atoms with Gasteiger partial charge in [-0.2, -0.15) is 0 Å². The lowest BCUT2D eigenvalue weighted by Crippen LogP contribution is -2.00. The highest BCUT2D eigenvalue weighted by Crippen LogP contribution is 2.15. The quantitative estimate of drug-likeness (QED) is 0.490. The molecule has 1 aromatic carbocycles. The Kier molecular flexibility index (Phi) is 4.18. The van der Waals surface area contributed by atoms with Crippen molar-refractivity contribution in [3.05, 3.63) is 40.9 Å². The lowest BCUT2D eigenvalue weighted by atomic mass is 10.2. The van der Waals surface area contributed by atoms with Gasteiger partial charge in [0, 0.05) is 10.6 Å². The van der Waals surface area contributed by atoms with Gasteiger partial charge in [-0.1, -0.05) is 11.6 Å². The van der Waals surface area contributed by atoms with Crippen molar-refractivity contribution in [2.75, 3.05) is 6.61 Å². The Hall–Kier alpha value is -1.48. The second-order valence-corrected chi connectivity index (χ2v) is 3.22. The van der Waals surface area contributed by atoms with Gasteiger partial charge in [-0.3, -0.25) is 0 Å². The van der Waals surface area contributed by atoms with Gasteiger partial charge in [0.05, 0.1) is 12.7 Å². The van der Waals surface area contributed by atoms with Crippen molar-refractivity contribution in [2.24, 2.45) is 0 Å². The first-order chi connectivity index (χ1) is 7.13. The van der Waals surface area contributed by atoms with Crippen LogP contribution < -0.4 is 0 Å². The number of carbonyl (C=O) groups excluding carboxylic acids is 1. The number of ether oxygens (including phenoxy) is 1. The number of rotatable bonds is 3. The number of carbonyl (C=O) groups is 1. The minimum atomic E-state index is -0.565. The van der Waals surface area contributed by atoms with Crippen LogP contribution in [0.1, 0.15) is 12.5 Å². The second-order valence-electron chi connectivity index (χ2n) is 2.79. The minimum absolute atomic E-state index is 0.134. The van der Waals surface area contributed by atoms with Crippen molar-refractivity contribution in [3.8, 4) is 0 Å². The molecule has 0 radical (unpaired) electrons. The van der Waals surface area contributed by atoms with Crippen LogP contribution in [-0.2, 0) is 9.53 Å². The monoisotopic (exact) mass is 226 g/mol. The van der Waals surface area contributed by atoms with Crippen molar-refractivity contribution in [2.45, 2.75) is 6.92 Å². The van der Waals surface area contributed by atoms with E-state index in [-0.39, 0.29) is 12.4 Å². The molecule has 0 heterocycles. The van der Waals surface area contributed by atoms with Crippen LogP contribution in [0.2, 0.25) is 5.02 Å². The summed E-state index contributed by atoms with van der Waals surface area (Å²) in [5.74, 6) is -0.699. The van der Waals surface area contributed by atoms with Gasteiger partial charge in [-0.05, 0) is 31.2 Å². The highest BCUT2D eigenvalue weighted by molar-refractivity contribution is 6.30. The van der Waals surface area contributed by atoms with E-state index in [9.17, 15) is 9.90 Å². The summed E-state index contributed by atoms with van der Waals surface area (Å²) in [5, 5.41) is 10.1. The summed E-state index contributed by atoms with van der Waals surface area (Å²) < 4.78 is 4.66. The summed E-state index contributed by atoms with van der Waals surface area (Å²) in [4.78, 5) is 11.0. The number of benzene rings is 1. The third-order valence-corrected chi connectivity index (χ3v) is 1.93. The van der Waals surface area contributed by atoms with Gasteiger partial charge in [0.25, 0.3) is 0 Å². The maximum atomic E-state index is 11.0. The number of esters is 1. The largest absolute Gasteiger partial charge is 0.507 e. The molecule has 0 aromatic heterocycles. The molecular formula is C11H11ClO3. The standard InChI is InChI=1S/C11H11ClO3/c1-2-15-11(14)7-10(13)8-3-5-9(12)6-4-8/h3-7,13H,2H2,1H3/b10-7-. The van der Waals surface area contributed by atoms with Gasteiger partial charge in [0.15, 0.2) is 0 Å². The van der Waals surface area contributed by atoms with Crippen LogP contribution in [0.15, 0.2) is 30.3 Å². The van der Waals surface area contributed by atoms with Gasteiger partial charge in [0.1, 0.15) is 5.76 Å². The molecule has 0 saturated heterocycles. The number of aliphatic hydroxyl groups is 1. The lowest BCUT2D eigenvalue weighted by molar-refractivity contribution is -0.137. The average Bonchev–Trinajstić information content (AvgIpc) is 2.18. The molecule has 0 bridgehead atoms. The van der Waals surface area contributed by atoms with Gasteiger partial charge in [-0.25, -0.2) is 4.79 Å². The third-order valence-electron chi connectivity index (χ3n) is 1.68. The zero-order valence-electron chi connectivity index (χ0n) is 8.24. The summed E-state index contributed by atoms with van der Waals surface area (Å²) in [5.41, 5.74) is 0.521. The van der Waals surface area contributed by atoms with Gasteiger partial charge in [0.2, 0.25) is 0 Å². The van der Waals surface area contributed by atoms with Crippen LogP contribution in [0.25, 0.3) is 5.76 Å². The van der Waals surface area contributed by atoms with Crippen LogP contribution in [0.3, 0.4) is 0 Å². The van der Waals surface area contributed by atoms with E-state index in [1.807, 2.05) is 0 Å². The molecule has 0 atom stereocenters. The average molecular weight is 227 g/mol. The topological polar surface area (TPSA) is 46.5 Å². The zero-order valence-corrected chi connectivity index (χ0v) is 8.99. The summed E-state index contributed by atoms with van der Waals surface area (Å²) in [6.07, 6.45) is 1.03. The molecule has 0 aliphatic rings. The Morgan fingerprint density at radius 1 is 1.47 bits per heavy atom. The number of hydrogen-bond donors (Lipinski definition) is 1. The first-order valence-corrected chi connectivity index (χ1v) is 4.84. The molecule has 0 unspecified atom stereocenters. The van der Waals surface area contributed by atoms with Gasteiger partial charge < -0.3 is 9.84 Å². The summed E-state index contributed by atoms with van der Waals surface area (Å²) in [6, 6.07) is 6.50. The Bertz CT molecular complexity index is 368. The summed E-state index contributed by atoms with van der Waals surface area (Å²) >= 11 is 5.68. The molecule has 80 valence electrons. The van der Waals surface area contributed by atoms with Crippen molar-refractivity contribution >= 4 is 23.3 Å². The summed E-state index contributed by atoms with van der Waals surface area (Å²) in [6.45, 7) is 1.98. The van der Waals surface area contributed by atoms with Crippen LogP contribution in [-0.4, -0.2) is 17.7 Å². The molecule has 15 heavy (non-hydrogen) atoms. The molecule has 3 nitrogen and oxygen atoms in total. The molecule has 0 aliphatic carbocycles. The van der Waals surface area contributed by atoms with E-state index in [2.05, 4.69) is 4.74 Å². The highest BCUT2D eigenvalue weighted by atomic mass is 35.5. The van der Waals surface area contributed by atoms with Gasteiger partial charge >= 0.3 is 5.97 Å². The zero-order chi connectivity index (χ0) is 11.3. The first kappa shape index (κ1) is 11.6. The Morgan fingerprint density at radius 2 is 2.07 bits per heavy atom. The number of aliphatic hydroxyl groups excluding tert-OH is 1. The Balaban J connectivity index is 2.79. The normalized spacial score (nSPS) is 11.2. The third kappa shape index (κ3) is 3.64. The molecular weight excluding hydrogens is 216 g/mol. The molecule has 4 heteroatoms. The first-order valence-electron chi connectivity index (χ1n) is 4.47. The Morgan fingerprint density at radius 3 is 2.60 bits per heavy atom.